The highest BCUT2D eigenvalue weighted by Gasteiger charge is 2.04. The maximum absolute atomic E-state index is 13.1. The smallest absolute Gasteiger partial charge is 0.250 e. The van der Waals surface area contributed by atoms with Crippen LogP contribution in [0.25, 0.3) is 0 Å². The maximum Gasteiger partial charge on any atom is 0.250 e. The van der Waals surface area contributed by atoms with Gasteiger partial charge in [-0.25, -0.2) is 13.2 Å². The molecule has 0 bridgehead atoms. The van der Waals surface area contributed by atoms with Gasteiger partial charge in [-0.2, -0.15) is 0 Å². The molecule has 0 heterocycles. The molecule has 0 fully saturated rings. The Morgan fingerprint density at radius 1 is 1.36 bits per heavy atom. The molecule has 0 aromatic heterocycles. The first-order chi connectivity index (χ1) is 6.59. The van der Waals surface area contributed by atoms with Gasteiger partial charge in [0.05, 0.1) is 6.54 Å². The number of alkyl halides is 2. The van der Waals surface area contributed by atoms with Crippen LogP contribution >= 0.6 is 0 Å². The molecule has 1 aromatic carbocycles. The van der Waals surface area contributed by atoms with E-state index in [1.165, 1.54) is 18.2 Å². The van der Waals surface area contributed by atoms with Crippen molar-refractivity contribution < 1.29 is 13.2 Å². The van der Waals surface area contributed by atoms with Gasteiger partial charge in [0.1, 0.15) is 5.82 Å². The topological polar surface area (TPSA) is 38.0 Å². The first-order valence-corrected chi connectivity index (χ1v) is 4.12. The number of rotatable bonds is 4. The lowest BCUT2D eigenvalue weighted by Crippen LogP contribution is -2.21. The summed E-state index contributed by atoms with van der Waals surface area (Å²) in [6, 6.07) is 4.17. The fourth-order valence-corrected chi connectivity index (χ4v) is 1.02. The second-order valence-corrected chi connectivity index (χ2v) is 2.87. The van der Waals surface area contributed by atoms with Crippen LogP contribution in [0.15, 0.2) is 18.2 Å². The molecule has 5 heteroatoms. The summed E-state index contributed by atoms with van der Waals surface area (Å²) in [7, 11) is 0. The Balaban J connectivity index is 2.51. The van der Waals surface area contributed by atoms with Crippen LogP contribution in [0.4, 0.5) is 18.9 Å². The van der Waals surface area contributed by atoms with Crippen LogP contribution in [0, 0.1) is 5.82 Å². The van der Waals surface area contributed by atoms with Gasteiger partial charge in [-0.3, -0.25) is 0 Å². The SMILES string of the molecule is Nc1ccc(CNCC(F)F)c(F)c1. The number of halogens is 3. The number of nitrogens with one attached hydrogen (secondary N) is 1. The number of nitrogens with two attached hydrogens (primary N) is 1. The van der Waals surface area contributed by atoms with Gasteiger partial charge in [-0.05, 0) is 12.1 Å². The minimum atomic E-state index is -2.42. The number of hydrogen-bond donors (Lipinski definition) is 2. The Kier molecular flexibility index (Phi) is 3.76. The molecule has 0 spiro atoms. The fourth-order valence-electron chi connectivity index (χ4n) is 1.02. The molecule has 0 amide bonds. The highest BCUT2D eigenvalue weighted by atomic mass is 19.3. The summed E-state index contributed by atoms with van der Waals surface area (Å²) in [4.78, 5) is 0. The van der Waals surface area contributed by atoms with Crippen molar-refractivity contribution in [2.75, 3.05) is 12.3 Å². The standard InChI is InChI=1S/C9H11F3N2/c10-8-3-7(13)2-1-6(8)4-14-5-9(11)12/h1-3,9,14H,4-5,13H2. The van der Waals surface area contributed by atoms with Crippen molar-refractivity contribution in [2.45, 2.75) is 13.0 Å². The van der Waals surface area contributed by atoms with E-state index in [0.717, 1.165) is 0 Å². The molecule has 2 nitrogen and oxygen atoms in total. The Bertz CT molecular complexity index is 302. The van der Waals surface area contributed by atoms with E-state index in [2.05, 4.69) is 5.32 Å². The van der Waals surface area contributed by atoms with Crippen LogP contribution in [0.1, 0.15) is 5.56 Å². The number of hydrogen-bond acceptors (Lipinski definition) is 2. The van der Waals surface area contributed by atoms with E-state index in [4.69, 9.17) is 5.73 Å². The molecule has 78 valence electrons. The summed E-state index contributed by atoms with van der Waals surface area (Å²) in [5.74, 6) is -0.480. The lowest BCUT2D eigenvalue weighted by molar-refractivity contribution is 0.145. The summed E-state index contributed by atoms with van der Waals surface area (Å²) in [5.41, 5.74) is 5.98. The third kappa shape index (κ3) is 3.26. The summed E-state index contributed by atoms with van der Waals surface area (Å²) in [6.45, 7) is -0.361. The minimum absolute atomic E-state index is 0.0798. The van der Waals surface area contributed by atoms with Gasteiger partial charge in [0.2, 0.25) is 0 Å². The van der Waals surface area contributed by atoms with Crippen molar-refractivity contribution in [3.8, 4) is 0 Å². The van der Waals surface area contributed by atoms with Crippen LogP contribution in [0.5, 0.6) is 0 Å². The van der Waals surface area contributed by atoms with Crippen molar-refractivity contribution in [1.29, 1.82) is 0 Å². The van der Waals surface area contributed by atoms with Crippen molar-refractivity contribution >= 4 is 5.69 Å². The second-order valence-electron chi connectivity index (χ2n) is 2.87. The maximum atomic E-state index is 13.1. The van der Waals surface area contributed by atoms with Crippen LogP contribution < -0.4 is 11.1 Å². The van der Waals surface area contributed by atoms with Gasteiger partial charge in [0.15, 0.2) is 0 Å². The van der Waals surface area contributed by atoms with Crippen LogP contribution in [0.3, 0.4) is 0 Å². The third-order valence-electron chi connectivity index (χ3n) is 1.69. The molecule has 1 rings (SSSR count). The van der Waals surface area contributed by atoms with Gasteiger partial charge in [-0.1, -0.05) is 6.07 Å². The van der Waals surface area contributed by atoms with E-state index < -0.39 is 18.8 Å². The van der Waals surface area contributed by atoms with Crippen molar-refractivity contribution in [2.24, 2.45) is 0 Å². The average molecular weight is 204 g/mol. The molecule has 0 unspecified atom stereocenters. The monoisotopic (exact) mass is 204 g/mol. The average Bonchev–Trinajstić information content (AvgIpc) is 2.08. The van der Waals surface area contributed by atoms with E-state index in [-0.39, 0.29) is 6.54 Å². The van der Waals surface area contributed by atoms with E-state index in [0.29, 0.717) is 11.3 Å². The first-order valence-electron chi connectivity index (χ1n) is 4.12. The van der Waals surface area contributed by atoms with Gasteiger partial charge in [0, 0.05) is 17.8 Å². The van der Waals surface area contributed by atoms with Gasteiger partial charge < -0.3 is 11.1 Å². The molecule has 0 saturated carbocycles. The van der Waals surface area contributed by atoms with Crippen LogP contribution in [-0.4, -0.2) is 13.0 Å². The Morgan fingerprint density at radius 3 is 2.64 bits per heavy atom. The van der Waals surface area contributed by atoms with Gasteiger partial charge >= 0.3 is 0 Å². The number of nitrogen functional groups attached to an aromatic ring is 1. The number of anilines is 1. The molecule has 3 N–H and O–H groups in total. The normalized spacial score (nSPS) is 10.9. The summed E-state index contributed by atoms with van der Waals surface area (Å²) in [6.07, 6.45) is -2.42. The minimum Gasteiger partial charge on any atom is -0.399 e. The first kappa shape index (κ1) is 10.8. The molecule has 0 saturated heterocycles. The molecule has 14 heavy (non-hydrogen) atoms. The van der Waals surface area contributed by atoms with E-state index >= 15 is 0 Å². The Hall–Kier alpha value is -1.23. The fraction of sp³-hybridized carbons (Fsp3) is 0.333. The quantitative estimate of drug-likeness (QED) is 0.733. The lowest BCUT2D eigenvalue weighted by atomic mass is 10.2. The molecule has 0 aliphatic carbocycles. The van der Waals surface area contributed by atoms with Crippen LogP contribution in [-0.2, 0) is 6.54 Å². The molecule has 0 aliphatic heterocycles. The van der Waals surface area contributed by atoms with E-state index in [1.807, 2.05) is 0 Å². The summed E-state index contributed by atoms with van der Waals surface area (Å²) < 4.78 is 36.5. The zero-order chi connectivity index (χ0) is 10.6. The lowest BCUT2D eigenvalue weighted by Gasteiger charge is -2.05. The van der Waals surface area contributed by atoms with Crippen LogP contribution in [0.2, 0.25) is 0 Å². The largest absolute Gasteiger partial charge is 0.399 e. The molecule has 0 atom stereocenters. The van der Waals surface area contributed by atoms with Crippen molar-refractivity contribution in [1.82, 2.24) is 5.32 Å². The number of benzene rings is 1. The predicted octanol–water partition coefficient (Wildman–Crippen LogP) is 1.76. The van der Waals surface area contributed by atoms with Gasteiger partial charge in [0.25, 0.3) is 6.43 Å². The third-order valence-corrected chi connectivity index (χ3v) is 1.69. The van der Waals surface area contributed by atoms with Crippen molar-refractivity contribution in [3.63, 3.8) is 0 Å². The molecule has 0 radical (unpaired) electrons. The highest BCUT2D eigenvalue weighted by Crippen LogP contribution is 2.11. The van der Waals surface area contributed by atoms with Crippen molar-refractivity contribution in [3.05, 3.63) is 29.6 Å². The molecule has 1 aromatic rings. The molecular weight excluding hydrogens is 193 g/mol. The second kappa shape index (κ2) is 4.85. The molecular formula is C9H11F3N2. The molecule has 0 aliphatic rings. The zero-order valence-corrected chi connectivity index (χ0v) is 7.43. The zero-order valence-electron chi connectivity index (χ0n) is 7.43. The van der Waals surface area contributed by atoms with E-state index in [1.54, 1.807) is 0 Å². The van der Waals surface area contributed by atoms with Gasteiger partial charge in [-0.15, -0.1) is 0 Å². The predicted molar refractivity (Wildman–Crippen MR) is 48.5 cm³/mol. The Morgan fingerprint density at radius 2 is 2.07 bits per heavy atom. The Labute approximate surface area is 79.9 Å². The summed E-state index contributed by atoms with van der Waals surface area (Å²) in [5, 5.41) is 2.43. The summed E-state index contributed by atoms with van der Waals surface area (Å²) >= 11 is 0. The van der Waals surface area contributed by atoms with E-state index in [9.17, 15) is 13.2 Å². The highest BCUT2D eigenvalue weighted by molar-refractivity contribution is 5.40.